The molecule has 1 aliphatic heterocycles. The van der Waals surface area contributed by atoms with Gasteiger partial charge in [-0.2, -0.15) is 8.42 Å². The van der Waals surface area contributed by atoms with E-state index in [1.807, 2.05) is 30.3 Å². The lowest BCUT2D eigenvalue weighted by Crippen LogP contribution is -2.27. The molecule has 0 aromatic heterocycles. The molecule has 102 valence electrons. The highest BCUT2D eigenvalue weighted by Crippen LogP contribution is 2.26. The van der Waals surface area contributed by atoms with Gasteiger partial charge in [-0.25, -0.2) is 0 Å². The van der Waals surface area contributed by atoms with Gasteiger partial charge in [-0.15, -0.1) is 4.40 Å². The zero-order valence-corrected chi connectivity index (χ0v) is 11.4. The number of hydrogen-bond acceptors (Lipinski definition) is 4. The highest BCUT2D eigenvalue weighted by Gasteiger charge is 2.23. The lowest BCUT2D eigenvalue weighted by atomic mass is 10.3. The van der Waals surface area contributed by atoms with Crippen LogP contribution >= 0.6 is 0 Å². The first kappa shape index (κ1) is 12.7. The number of sulfonamides is 1. The van der Waals surface area contributed by atoms with E-state index in [1.54, 1.807) is 24.3 Å². The summed E-state index contributed by atoms with van der Waals surface area (Å²) >= 11 is 0. The van der Waals surface area contributed by atoms with Crippen molar-refractivity contribution < 1.29 is 8.42 Å². The lowest BCUT2D eigenvalue weighted by Gasteiger charge is -2.18. The first-order valence-corrected chi connectivity index (χ1v) is 7.58. The van der Waals surface area contributed by atoms with Crippen molar-refractivity contribution in [1.29, 1.82) is 0 Å². The predicted octanol–water partition coefficient (Wildman–Crippen LogP) is 2.31. The SMILES string of the molecule is O=S1(=O)N=C(CNc2ccccc2)Nc2ccccc21. The third-order valence-electron chi connectivity index (χ3n) is 2.91. The molecular formula is C14H13N3O2S. The van der Waals surface area contributed by atoms with Gasteiger partial charge in [0.1, 0.15) is 10.7 Å². The molecule has 0 atom stereocenters. The quantitative estimate of drug-likeness (QED) is 0.909. The summed E-state index contributed by atoms with van der Waals surface area (Å²) in [4.78, 5) is 0.212. The van der Waals surface area contributed by atoms with Crippen molar-refractivity contribution in [3.05, 3.63) is 54.6 Å². The Morgan fingerprint density at radius 2 is 1.70 bits per heavy atom. The maximum absolute atomic E-state index is 12.0. The van der Waals surface area contributed by atoms with Crippen LogP contribution in [0.4, 0.5) is 11.4 Å². The Bertz CT molecular complexity index is 755. The Labute approximate surface area is 117 Å². The number of nitrogens with one attached hydrogen (secondary N) is 2. The van der Waals surface area contributed by atoms with Crippen molar-refractivity contribution in [1.82, 2.24) is 0 Å². The van der Waals surface area contributed by atoms with Crippen LogP contribution in [0.3, 0.4) is 0 Å². The Morgan fingerprint density at radius 3 is 2.50 bits per heavy atom. The van der Waals surface area contributed by atoms with Crippen LogP contribution in [0.15, 0.2) is 63.9 Å². The molecule has 2 N–H and O–H groups in total. The molecule has 0 saturated heterocycles. The summed E-state index contributed by atoms with van der Waals surface area (Å²) in [6, 6.07) is 16.3. The molecule has 0 bridgehead atoms. The van der Waals surface area contributed by atoms with Crippen LogP contribution in [0.5, 0.6) is 0 Å². The van der Waals surface area contributed by atoms with Crippen molar-refractivity contribution in [2.45, 2.75) is 4.90 Å². The Hall–Kier alpha value is -2.34. The Balaban J connectivity index is 1.82. The Kier molecular flexibility index (Phi) is 3.15. The van der Waals surface area contributed by atoms with E-state index in [0.717, 1.165) is 5.69 Å². The molecule has 0 spiro atoms. The maximum atomic E-state index is 12.0. The zero-order valence-electron chi connectivity index (χ0n) is 10.6. The van der Waals surface area contributed by atoms with Crippen molar-refractivity contribution >= 4 is 27.2 Å². The number of hydrogen-bond donors (Lipinski definition) is 2. The molecule has 0 radical (unpaired) electrons. The van der Waals surface area contributed by atoms with Crippen LogP contribution in [-0.4, -0.2) is 20.8 Å². The molecule has 0 amide bonds. The summed E-state index contributed by atoms with van der Waals surface area (Å²) in [5.41, 5.74) is 1.47. The molecular weight excluding hydrogens is 274 g/mol. The molecule has 2 aromatic carbocycles. The van der Waals surface area contributed by atoms with Crippen molar-refractivity contribution in [3.8, 4) is 0 Å². The zero-order chi connectivity index (χ0) is 14.0. The van der Waals surface area contributed by atoms with Gasteiger partial charge in [-0.1, -0.05) is 30.3 Å². The molecule has 0 unspecified atom stereocenters. The normalized spacial score (nSPS) is 15.7. The van der Waals surface area contributed by atoms with Gasteiger partial charge in [-0.3, -0.25) is 0 Å². The van der Waals surface area contributed by atoms with Crippen molar-refractivity contribution in [3.63, 3.8) is 0 Å². The second-order valence-corrected chi connectivity index (χ2v) is 5.93. The number of fused-ring (bicyclic) bond motifs is 1. The van der Waals surface area contributed by atoms with Gasteiger partial charge in [0, 0.05) is 5.69 Å². The van der Waals surface area contributed by atoms with Crippen LogP contribution in [0.2, 0.25) is 0 Å². The number of para-hydroxylation sites is 2. The van der Waals surface area contributed by atoms with Gasteiger partial charge in [0.15, 0.2) is 0 Å². The minimum Gasteiger partial charge on any atom is -0.378 e. The second kappa shape index (κ2) is 4.97. The largest absolute Gasteiger partial charge is 0.378 e. The highest BCUT2D eigenvalue weighted by atomic mass is 32.2. The fourth-order valence-corrected chi connectivity index (χ4v) is 3.13. The fraction of sp³-hybridized carbons (Fsp3) is 0.0714. The summed E-state index contributed by atoms with van der Waals surface area (Å²) in [6.07, 6.45) is 0. The molecule has 1 heterocycles. The van der Waals surface area contributed by atoms with Crippen LogP contribution in [0.25, 0.3) is 0 Å². The molecule has 2 aromatic rings. The summed E-state index contributed by atoms with van der Waals surface area (Å²) in [6.45, 7) is 0.317. The van der Waals surface area contributed by atoms with E-state index in [-0.39, 0.29) is 4.90 Å². The topological polar surface area (TPSA) is 70.6 Å². The predicted molar refractivity (Wildman–Crippen MR) is 79.6 cm³/mol. The Morgan fingerprint density at radius 1 is 1.00 bits per heavy atom. The number of rotatable bonds is 3. The number of anilines is 2. The molecule has 5 nitrogen and oxygen atoms in total. The van der Waals surface area contributed by atoms with Gasteiger partial charge in [0.2, 0.25) is 0 Å². The van der Waals surface area contributed by atoms with E-state index >= 15 is 0 Å². The van der Waals surface area contributed by atoms with Crippen LogP contribution in [0, 0.1) is 0 Å². The summed E-state index contributed by atoms with van der Waals surface area (Å²) < 4.78 is 27.9. The van der Waals surface area contributed by atoms with E-state index in [0.29, 0.717) is 18.1 Å². The average Bonchev–Trinajstić information content (AvgIpc) is 2.46. The van der Waals surface area contributed by atoms with Gasteiger partial charge >= 0.3 is 0 Å². The van der Waals surface area contributed by atoms with Crippen molar-refractivity contribution in [2.75, 3.05) is 17.2 Å². The van der Waals surface area contributed by atoms with Gasteiger partial charge < -0.3 is 10.6 Å². The number of nitrogens with zero attached hydrogens (tertiary/aromatic N) is 1. The lowest BCUT2D eigenvalue weighted by molar-refractivity contribution is 0.597. The standard InChI is InChI=1S/C14H13N3O2S/c18-20(19)13-9-5-4-8-12(13)16-14(17-20)10-15-11-6-2-1-3-7-11/h1-9,15H,10H2,(H,16,17). The van der Waals surface area contributed by atoms with Gasteiger partial charge in [-0.05, 0) is 24.3 Å². The third kappa shape index (κ3) is 2.50. The van der Waals surface area contributed by atoms with Crippen LogP contribution < -0.4 is 10.6 Å². The molecule has 0 saturated carbocycles. The maximum Gasteiger partial charge on any atom is 0.286 e. The number of amidine groups is 1. The van der Waals surface area contributed by atoms with Gasteiger partial charge in [0.25, 0.3) is 10.0 Å². The molecule has 0 aliphatic carbocycles. The molecule has 3 rings (SSSR count). The minimum absolute atomic E-state index is 0.212. The fourth-order valence-electron chi connectivity index (χ4n) is 1.99. The number of benzene rings is 2. The summed E-state index contributed by atoms with van der Waals surface area (Å²) in [5, 5.41) is 6.16. The van der Waals surface area contributed by atoms with Crippen molar-refractivity contribution in [2.24, 2.45) is 4.40 Å². The molecule has 20 heavy (non-hydrogen) atoms. The molecule has 6 heteroatoms. The van der Waals surface area contributed by atoms with E-state index in [9.17, 15) is 8.42 Å². The minimum atomic E-state index is -3.61. The molecule has 0 fully saturated rings. The average molecular weight is 287 g/mol. The van der Waals surface area contributed by atoms with Gasteiger partial charge in [0.05, 0.1) is 12.2 Å². The van der Waals surface area contributed by atoms with Crippen LogP contribution in [-0.2, 0) is 10.0 Å². The first-order valence-electron chi connectivity index (χ1n) is 6.14. The third-order valence-corrected chi connectivity index (χ3v) is 4.28. The monoisotopic (exact) mass is 287 g/mol. The first-order chi connectivity index (χ1) is 9.65. The van der Waals surface area contributed by atoms with E-state index in [1.165, 1.54) is 0 Å². The second-order valence-electron chi connectivity index (χ2n) is 4.35. The smallest absolute Gasteiger partial charge is 0.286 e. The van der Waals surface area contributed by atoms with E-state index in [2.05, 4.69) is 15.0 Å². The molecule has 1 aliphatic rings. The summed E-state index contributed by atoms with van der Waals surface area (Å²) in [5.74, 6) is 0.382. The van der Waals surface area contributed by atoms with E-state index < -0.39 is 10.0 Å². The van der Waals surface area contributed by atoms with E-state index in [4.69, 9.17) is 0 Å². The highest BCUT2D eigenvalue weighted by molar-refractivity contribution is 7.90. The van der Waals surface area contributed by atoms with Crippen LogP contribution in [0.1, 0.15) is 0 Å². The summed E-state index contributed by atoms with van der Waals surface area (Å²) in [7, 11) is -3.61.